The number of benzene rings is 2. The Morgan fingerprint density at radius 2 is 1.83 bits per heavy atom. The van der Waals surface area contributed by atoms with Crippen molar-refractivity contribution in [1.29, 1.82) is 0 Å². The fourth-order valence-electron chi connectivity index (χ4n) is 2.49. The van der Waals surface area contributed by atoms with Crippen molar-refractivity contribution in [1.82, 2.24) is 4.90 Å². The lowest BCUT2D eigenvalue weighted by molar-refractivity contribution is 0.101. The average Bonchev–Trinajstić information content (AvgIpc) is 2.53. The Labute approximate surface area is 138 Å². The second-order valence-electron chi connectivity index (χ2n) is 6.15. The first kappa shape index (κ1) is 17.2. The third kappa shape index (κ3) is 4.93. The third-order valence-electron chi connectivity index (χ3n) is 3.86. The molecule has 0 aliphatic heterocycles. The minimum absolute atomic E-state index is 0.000443. The van der Waals surface area contributed by atoms with Crippen LogP contribution in [-0.2, 0) is 0 Å². The van der Waals surface area contributed by atoms with Gasteiger partial charge < -0.3 is 9.64 Å². The summed E-state index contributed by atoms with van der Waals surface area (Å²) in [7, 11) is 4.13. The fraction of sp³-hybridized carbons (Fsp3) is 0.350. The molecule has 0 fully saturated rings. The molecule has 23 heavy (non-hydrogen) atoms. The van der Waals surface area contributed by atoms with Gasteiger partial charge in [0.25, 0.3) is 0 Å². The van der Waals surface area contributed by atoms with Crippen molar-refractivity contribution in [3.8, 4) is 5.75 Å². The molecule has 2 aromatic rings. The predicted octanol–water partition coefficient (Wildman–Crippen LogP) is 4.27. The summed E-state index contributed by atoms with van der Waals surface area (Å²) >= 11 is 0. The number of aryl methyl sites for hydroxylation is 1. The zero-order valence-corrected chi connectivity index (χ0v) is 14.4. The molecular formula is C20H25NO2. The molecule has 2 rings (SSSR count). The molecule has 0 N–H and O–H groups in total. The molecule has 3 heteroatoms. The van der Waals surface area contributed by atoms with E-state index in [-0.39, 0.29) is 11.9 Å². The summed E-state index contributed by atoms with van der Waals surface area (Å²) in [5, 5.41) is 0. The Morgan fingerprint density at radius 1 is 1.13 bits per heavy atom. The Balaban J connectivity index is 2.22. The molecule has 3 nitrogen and oxygen atoms in total. The number of nitrogens with zero attached hydrogens (tertiary/aromatic N) is 1. The first-order valence-electron chi connectivity index (χ1n) is 7.95. The van der Waals surface area contributed by atoms with Crippen LogP contribution >= 0.6 is 0 Å². The molecule has 1 atom stereocenters. The minimum atomic E-state index is 0.000443. The maximum Gasteiger partial charge on any atom is 0.159 e. The van der Waals surface area contributed by atoms with Gasteiger partial charge in [-0.05, 0) is 57.3 Å². The Morgan fingerprint density at radius 3 is 2.39 bits per heavy atom. The van der Waals surface area contributed by atoms with Crippen LogP contribution in [0.25, 0.3) is 0 Å². The van der Waals surface area contributed by atoms with E-state index in [2.05, 4.69) is 31.1 Å². The van der Waals surface area contributed by atoms with Gasteiger partial charge in [-0.15, -0.1) is 0 Å². The van der Waals surface area contributed by atoms with Crippen LogP contribution in [-0.4, -0.2) is 31.3 Å². The van der Waals surface area contributed by atoms with E-state index in [1.54, 1.807) is 6.92 Å². The molecule has 2 aromatic carbocycles. The van der Waals surface area contributed by atoms with Gasteiger partial charge in [0, 0.05) is 18.5 Å². The highest BCUT2D eigenvalue weighted by Crippen LogP contribution is 2.28. The smallest absolute Gasteiger partial charge is 0.159 e. The van der Waals surface area contributed by atoms with Gasteiger partial charge >= 0.3 is 0 Å². The van der Waals surface area contributed by atoms with Gasteiger partial charge in [0.15, 0.2) is 5.78 Å². The van der Waals surface area contributed by atoms with E-state index in [1.165, 1.54) is 5.56 Å². The second kappa shape index (κ2) is 7.93. The molecule has 0 saturated carbocycles. The Kier molecular flexibility index (Phi) is 5.94. The number of rotatable bonds is 7. The van der Waals surface area contributed by atoms with E-state index in [0.717, 1.165) is 29.8 Å². The van der Waals surface area contributed by atoms with E-state index in [1.807, 2.05) is 43.3 Å². The lowest BCUT2D eigenvalue weighted by Crippen LogP contribution is -2.19. The van der Waals surface area contributed by atoms with E-state index >= 15 is 0 Å². The molecule has 0 aliphatic carbocycles. The largest absolute Gasteiger partial charge is 0.485 e. The molecular weight excluding hydrogens is 286 g/mol. The van der Waals surface area contributed by atoms with Crippen molar-refractivity contribution < 1.29 is 9.53 Å². The van der Waals surface area contributed by atoms with Gasteiger partial charge in [-0.2, -0.15) is 0 Å². The SMILES string of the molecule is CC(=O)c1ccc(O[C@H](CCN(C)C)c2ccccc2)c(C)c1. The van der Waals surface area contributed by atoms with Gasteiger partial charge in [0.2, 0.25) is 0 Å². The standard InChI is InChI=1S/C20H25NO2/c1-15-14-18(16(2)22)10-11-19(15)23-20(12-13-21(3)4)17-8-6-5-7-9-17/h5-11,14,20H,12-13H2,1-4H3/t20-/m1/s1. The van der Waals surface area contributed by atoms with Crippen LogP contribution in [0, 0.1) is 6.92 Å². The first-order valence-corrected chi connectivity index (χ1v) is 7.95. The quantitative estimate of drug-likeness (QED) is 0.715. The van der Waals surface area contributed by atoms with E-state index in [0.29, 0.717) is 0 Å². The van der Waals surface area contributed by atoms with Gasteiger partial charge in [-0.25, -0.2) is 0 Å². The zero-order chi connectivity index (χ0) is 16.8. The Bertz CT molecular complexity index is 650. The number of ketones is 1. The Hall–Kier alpha value is -2.13. The van der Waals surface area contributed by atoms with Crippen molar-refractivity contribution in [3.05, 3.63) is 65.2 Å². The maximum atomic E-state index is 11.5. The predicted molar refractivity (Wildman–Crippen MR) is 94.2 cm³/mol. The normalized spacial score (nSPS) is 12.2. The number of Topliss-reactive ketones (excluding diaryl/α,β-unsaturated/α-hetero) is 1. The number of hydrogen-bond donors (Lipinski definition) is 0. The molecule has 0 heterocycles. The number of carbonyl (C=O) groups is 1. The van der Waals surface area contributed by atoms with Crippen LogP contribution in [0.5, 0.6) is 5.75 Å². The molecule has 0 saturated heterocycles. The van der Waals surface area contributed by atoms with Crippen molar-refractivity contribution in [2.45, 2.75) is 26.4 Å². The van der Waals surface area contributed by atoms with Crippen LogP contribution in [0.4, 0.5) is 0 Å². The monoisotopic (exact) mass is 311 g/mol. The zero-order valence-electron chi connectivity index (χ0n) is 14.4. The van der Waals surface area contributed by atoms with E-state index in [9.17, 15) is 4.79 Å². The molecule has 122 valence electrons. The summed E-state index contributed by atoms with van der Waals surface area (Å²) in [6, 6.07) is 15.9. The van der Waals surface area contributed by atoms with Gasteiger partial charge in [0.05, 0.1) is 0 Å². The highest BCUT2D eigenvalue weighted by atomic mass is 16.5. The number of ether oxygens (including phenoxy) is 1. The molecule has 0 spiro atoms. The fourth-order valence-corrected chi connectivity index (χ4v) is 2.49. The van der Waals surface area contributed by atoms with Crippen LogP contribution in [0.1, 0.15) is 40.9 Å². The summed E-state index contributed by atoms with van der Waals surface area (Å²) in [5.74, 6) is 0.912. The van der Waals surface area contributed by atoms with Crippen LogP contribution < -0.4 is 4.74 Å². The summed E-state index contributed by atoms with van der Waals surface area (Å²) < 4.78 is 6.28. The molecule has 0 aliphatic rings. The van der Waals surface area contributed by atoms with Crippen LogP contribution in [0.15, 0.2) is 48.5 Å². The minimum Gasteiger partial charge on any atom is -0.485 e. The molecule has 0 aromatic heterocycles. The first-order chi connectivity index (χ1) is 11.0. The number of hydrogen-bond acceptors (Lipinski definition) is 3. The van der Waals surface area contributed by atoms with Gasteiger partial charge in [0.1, 0.15) is 11.9 Å². The lowest BCUT2D eigenvalue weighted by atomic mass is 10.0. The van der Waals surface area contributed by atoms with Gasteiger partial charge in [-0.3, -0.25) is 4.79 Å². The summed E-state index contributed by atoms with van der Waals surface area (Å²) in [4.78, 5) is 13.6. The maximum absolute atomic E-state index is 11.5. The highest BCUT2D eigenvalue weighted by molar-refractivity contribution is 5.94. The van der Waals surface area contributed by atoms with Crippen molar-refractivity contribution in [2.75, 3.05) is 20.6 Å². The third-order valence-corrected chi connectivity index (χ3v) is 3.86. The second-order valence-corrected chi connectivity index (χ2v) is 6.15. The van der Waals surface area contributed by atoms with Crippen molar-refractivity contribution in [2.24, 2.45) is 0 Å². The van der Waals surface area contributed by atoms with Crippen molar-refractivity contribution >= 4 is 5.78 Å². The molecule has 0 unspecified atom stereocenters. The van der Waals surface area contributed by atoms with Gasteiger partial charge in [-0.1, -0.05) is 30.3 Å². The summed E-state index contributed by atoms with van der Waals surface area (Å²) in [6.45, 7) is 4.51. The summed E-state index contributed by atoms with van der Waals surface area (Å²) in [5.41, 5.74) is 2.88. The molecule has 0 amide bonds. The summed E-state index contributed by atoms with van der Waals surface area (Å²) in [6.07, 6.45) is 0.908. The average molecular weight is 311 g/mol. The molecule has 0 radical (unpaired) electrons. The lowest BCUT2D eigenvalue weighted by Gasteiger charge is -2.22. The van der Waals surface area contributed by atoms with Crippen LogP contribution in [0.3, 0.4) is 0 Å². The van der Waals surface area contributed by atoms with E-state index in [4.69, 9.17) is 4.74 Å². The van der Waals surface area contributed by atoms with Crippen molar-refractivity contribution in [3.63, 3.8) is 0 Å². The highest BCUT2D eigenvalue weighted by Gasteiger charge is 2.15. The van der Waals surface area contributed by atoms with Crippen LogP contribution in [0.2, 0.25) is 0 Å². The van der Waals surface area contributed by atoms with E-state index < -0.39 is 0 Å². The molecule has 0 bridgehead atoms. The topological polar surface area (TPSA) is 29.5 Å². The number of carbonyl (C=O) groups excluding carboxylic acids is 1.